The van der Waals surface area contributed by atoms with Crippen molar-refractivity contribution in [2.75, 3.05) is 7.11 Å². The van der Waals surface area contributed by atoms with Crippen molar-refractivity contribution in [1.29, 1.82) is 0 Å². The Morgan fingerprint density at radius 3 is 2.50 bits per heavy atom. The Labute approximate surface area is 107 Å². The summed E-state index contributed by atoms with van der Waals surface area (Å²) in [4.78, 5) is 12.1. The number of methoxy groups -OCH3 is 1. The van der Waals surface area contributed by atoms with Crippen molar-refractivity contribution >= 4 is 5.91 Å². The molecule has 2 rings (SSSR count). The fourth-order valence-corrected chi connectivity index (χ4v) is 2.96. The van der Waals surface area contributed by atoms with Gasteiger partial charge in [0.2, 0.25) is 5.91 Å². The molecule has 0 unspecified atom stereocenters. The summed E-state index contributed by atoms with van der Waals surface area (Å²) in [6.45, 7) is 4.05. The van der Waals surface area contributed by atoms with Crippen molar-refractivity contribution in [2.45, 2.75) is 38.5 Å². The molecule has 18 heavy (non-hydrogen) atoms. The summed E-state index contributed by atoms with van der Waals surface area (Å²) >= 11 is 0. The van der Waals surface area contributed by atoms with Crippen molar-refractivity contribution in [3.8, 4) is 5.75 Å². The summed E-state index contributed by atoms with van der Waals surface area (Å²) in [5, 5.41) is 0. The van der Waals surface area contributed by atoms with Crippen LogP contribution in [0, 0.1) is 13.8 Å². The van der Waals surface area contributed by atoms with Crippen LogP contribution in [0.1, 0.15) is 36.0 Å². The highest BCUT2D eigenvalue weighted by molar-refractivity contribution is 5.90. The lowest BCUT2D eigenvalue weighted by Crippen LogP contribution is -2.51. The fourth-order valence-electron chi connectivity index (χ4n) is 2.96. The van der Waals surface area contributed by atoms with Crippen molar-refractivity contribution in [1.82, 2.24) is 5.43 Å². The maximum atomic E-state index is 12.1. The van der Waals surface area contributed by atoms with Crippen molar-refractivity contribution in [2.24, 2.45) is 5.84 Å². The number of nitrogens with one attached hydrogen (secondary N) is 1. The number of ether oxygens (including phenoxy) is 1. The van der Waals surface area contributed by atoms with E-state index >= 15 is 0 Å². The Balaban J connectivity index is 2.58. The second-order valence-electron chi connectivity index (χ2n) is 5.07. The van der Waals surface area contributed by atoms with Crippen LogP contribution in [0.25, 0.3) is 0 Å². The third-order valence-electron chi connectivity index (χ3n) is 3.91. The van der Waals surface area contributed by atoms with Gasteiger partial charge in [-0.3, -0.25) is 10.2 Å². The van der Waals surface area contributed by atoms with E-state index in [0.29, 0.717) is 0 Å². The van der Waals surface area contributed by atoms with Gasteiger partial charge in [0.1, 0.15) is 5.75 Å². The average Bonchev–Trinajstić information content (AvgIpc) is 2.29. The summed E-state index contributed by atoms with van der Waals surface area (Å²) in [5.41, 5.74) is 5.02. The number of carbonyl (C=O) groups is 1. The normalized spacial score (nSPS) is 16.9. The van der Waals surface area contributed by atoms with Gasteiger partial charge in [-0.1, -0.05) is 12.5 Å². The number of nitrogens with two attached hydrogens (primary N) is 1. The van der Waals surface area contributed by atoms with Gasteiger partial charge in [-0.25, -0.2) is 5.84 Å². The van der Waals surface area contributed by atoms with E-state index in [-0.39, 0.29) is 5.91 Å². The first-order valence-corrected chi connectivity index (χ1v) is 6.22. The quantitative estimate of drug-likeness (QED) is 0.486. The predicted molar refractivity (Wildman–Crippen MR) is 70.3 cm³/mol. The molecule has 4 nitrogen and oxygen atoms in total. The molecule has 0 saturated heterocycles. The highest BCUT2D eigenvalue weighted by Gasteiger charge is 2.48. The van der Waals surface area contributed by atoms with E-state index in [1.807, 2.05) is 19.9 Å². The number of benzene rings is 1. The van der Waals surface area contributed by atoms with Crippen LogP contribution >= 0.6 is 0 Å². The van der Waals surface area contributed by atoms with Crippen LogP contribution in [-0.4, -0.2) is 13.0 Å². The molecule has 1 aliphatic carbocycles. The van der Waals surface area contributed by atoms with Crippen LogP contribution in [0.2, 0.25) is 0 Å². The third-order valence-corrected chi connectivity index (χ3v) is 3.91. The minimum Gasteiger partial charge on any atom is -0.496 e. The Morgan fingerprint density at radius 1 is 1.39 bits per heavy atom. The molecule has 1 amide bonds. The number of aryl methyl sites for hydroxylation is 2. The van der Waals surface area contributed by atoms with E-state index in [2.05, 4.69) is 11.5 Å². The Bertz CT molecular complexity index is 479. The molecule has 1 fully saturated rings. The van der Waals surface area contributed by atoms with Gasteiger partial charge in [-0.2, -0.15) is 0 Å². The average molecular weight is 248 g/mol. The molecule has 1 aromatic carbocycles. The molecule has 0 aliphatic heterocycles. The molecular formula is C14H20N2O2. The first-order valence-electron chi connectivity index (χ1n) is 6.22. The van der Waals surface area contributed by atoms with Crippen LogP contribution < -0.4 is 16.0 Å². The van der Waals surface area contributed by atoms with E-state index in [4.69, 9.17) is 10.6 Å². The molecule has 0 heterocycles. The third kappa shape index (κ3) is 1.77. The Morgan fingerprint density at radius 2 is 2.06 bits per heavy atom. The highest BCUT2D eigenvalue weighted by Crippen LogP contribution is 2.48. The Kier molecular flexibility index (Phi) is 3.30. The molecule has 0 atom stereocenters. The molecule has 0 radical (unpaired) electrons. The van der Waals surface area contributed by atoms with Gasteiger partial charge in [0.25, 0.3) is 0 Å². The molecule has 0 spiro atoms. The molecule has 0 bridgehead atoms. The second kappa shape index (κ2) is 4.61. The lowest BCUT2D eigenvalue weighted by atomic mass is 9.62. The minimum absolute atomic E-state index is 0.112. The molecule has 1 saturated carbocycles. The number of amides is 1. The summed E-state index contributed by atoms with van der Waals surface area (Å²) < 4.78 is 5.46. The molecule has 98 valence electrons. The van der Waals surface area contributed by atoms with Gasteiger partial charge in [0, 0.05) is 5.56 Å². The van der Waals surface area contributed by atoms with Crippen LogP contribution in [-0.2, 0) is 10.2 Å². The molecule has 0 aromatic heterocycles. The van der Waals surface area contributed by atoms with Crippen molar-refractivity contribution in [3.05, 3.63) is 28.8 Å². The zero-order chi connectivity index (χ0) is 13.3. The van der Waals surface area contributed by atoms with Crippen molar-refractivity contribution < 1.29 is 9.53 Å². The molecular weight excluding hydrogens is 228 g/mol. The highest BCUT2D eigenvalue weighted by atomic mass is 16.5. The van der Waals surface area contributed by atoms with Crippen LogP contribution in [0.4, 0.5) is 0 Å². The molecule has 3 N–H and O–H groups in total. The first kappa shape index (κ1) is 12.9. The molecule has 1 aliphatic rings. The molecule has 4 heteroatoms. The second-order valence-corrected chi connectivity index (χ2v) is 5.07. The van der Waals surface area contributed by atoms with Gasteiger partial charge in [0.05, 0.1) is 12.5 Å². The van der Waals surface area contributed by atoms with E-state index in [1.54, 1.807) is 7.11 Å². The summed E-state index contributed by atoms with van der Waals surface area (Å²) in [6.07, 6.45) is 2.70. The number of rotatable bonds is 3. The van der Waals surface area contributed by atoms with Gasteiger partial charge >= 0.3 is 0 Å². The smallest absolute Gasteiger partial charge is 0.244 e. The van der Waals surface area contributed by atoms with Crippen LogP contribution in [0.3, 0.4) is 0 Å². The molecule has 1 aromatic rings. The van der Waals surface area contributed by atoms with Crippen molar-refractivity contribution in [3.63, 3.8) is 0 Å². The lowest BCUT2D eigenvalue weighted by molar-refractivity contribution is -0.130. The zero-order valence-electron chi connectivity index (χ0n) is 11.2. The minimum atomic E-state index is -0.502. The monoisotopic (exact) mass is 248 g/mol. The SMILES string of the molecule is COc1cc(C)cc(C)c1C1(C(=O)NN)CCC1. The van der Waals surface area contributed by atoms with E-state index in [9.17, 15) is 4.79 Å². The van der Waals surface area contributed by atoms with Gasteiger partial charge < -0.3 is 4.74 Å². The summed E-state index contributed by atoms with van der Waals surface area (Å²) in [7, 11) is 1.64. The van der Waals surface area contributed by atoms with Gasteiger partial charge in [0.15, 0.2) is 0 Å². The van der Waals surface area contributed by atoms with E-state index in [0.717, 1.165) is 41.7 Å². The Hall–Kier alpha value is -1.55. The maximum absolute atomic E-state index is 12.1. The summed E-state index contributed by atoms with van der Waals surface area (Å²) in [6, 6.07) is 4.06. The predicted octanol–water partition coefficient (Wildman–Crippen LogP) is 1.72. The maximum Gasteiger partial charge on any atom is 0.244 e. The van der Waals surface area contributed by atoms with Gasteiger partial charge in [-0.15, -0.1) is 0 Å². The van der Waals surface area contributed by atoms with Gasteiger partial charge in [-0.05, 0) is 43.9 Å². The number of carbonyl (C=O) groups excluding carboxylic acids is 1. The number of hydrogen-bond donors (Lipinski definition) is 2. The van der Waals surface area contributed by atoms with Crippen LogP contribution in [0.5, 0.6) is 5.75 Å². The lowest BCUT2D eigenvalue weighted by Gasteiger charge is -2.41. The zero-order valence-corrected chi connectivity index (χ0v) is 11.2. The fraction of sp³-hybridized carbons (Fsp3) is 0.500. The topological polar surface area (TPSA) is 64.3 Å². The number of hydrogen-bond acceptors (Lipinski definition) is 3. The van der Waals surface area contributed by atoms with Crippen LogP contribution in [0.15, 0.2) is 12.1 Å². The van der Waals surface area contributed by atoms with E-state index < -0.39 is 5.41 Å². The largest absolute Gasteiger partial charge is 0.496 e. The summed E-state index contributed by atoms with van der Waals surface area (Å²) in [5.74, 6) is 6.01. The standard InChI is InChI=1S/C14H20N2O2/c1-9-7-10(2)12(11(8-9)18-3)14(5-4-6-14)13(17)16-15/h7-8H,4-6,15H2,1-3H3,(H,16,17). The van der Waals surface area contributed by atoms with E-state index in [1.165, 1.54) is 0 Å². The first-order chi connectivity index (χ1) is 8.55. The number of hydrazine groups is 1.